The summed E-state index contributed by atoms with van der Waals surface area (Å²) in [6, 6.07) is 5.70. The number of carbonyl (C=O) groups excluding carboxylic acids is 1. The van der Waals surface area contributed by atoms with E-state index in [0.29, 0.717) is 47.2 Å². The molecule has 7 nitrogen and oxygen atoms in total. The molecule has 31 heavy (non-hydrogen) atoms. The zero-order chi connectivity index (χ0) is 22.3. The smallest absolute Gasteiger partial charge is 0.246 e. The van der Waals surface area contributed by atoms with Gasteiger partial charge in [0.1, 0.15) is 5.00 Å². The summed E-state index contributed by atoms with van der Waals surface area (Å²) in [5.74, 6) is -0.0467. The average Bonchev–Trinajstić information content (AvgIpc) is 3.16. The first-order chi connectivity index (χ1) is 14.8. The Balaban J connectivity index is 1.75. The Morgan fingerprint density at radius 2 is 2.19 bits per heavy atom. The molecule has 3 heterocycles. The van der Waals surface area contributed by atoms with Gasteiger partial charge >= 0.3 is 0 Å². The first-order valence-electron chi connectivity index (χ1n) is 9.89. The number of benzene rings is 1. The number of aryl methyl sites for hydroxylation is 1. The molecule has 0 spiro atoms. The number of pyridine rings is 1. The lowest BCUT2D eigenvalue weighted by molar-refractivity contribution is -0.126. The van der Waals surface area contributed by atoms with Crippen molar-refractivity contribution in [2.24, 2.45) is 0 Å². The summed E-state index contributed by atoms with van der Waals surface area (Å²) < 4.78 is 4.58. The molecule has 2 aromatic heterocycles. The summed E-state index contributed by atoms with van der Waals surface area (Å²) in [7, 11) is 0. The van der Waals surface area contributed by atoms with Gasteiger partial charge in [0, 0.05) is 48.7 Å². The highest BCUT2D eigenvalue weighted by atomic mass is 35.5. The van der Waals surface area contributed by atoms with E-state index in [9.17, 15) is 4.79 Å². The zero-order valence-corrected chi connectivity index (χ0v) is 18.9. The normalized spacial score (nSPS) is 16.5. The molecule has 4 rings (SSSR count). The van der Waals surface area contributed by atoms with E-state index in [1.807, 2.05) is 24.0 Å². The van der Waals surface area contributed by atoms with E-state index < -0.39 is 0 Å². The van der Waals surface area contributed by atoms with Crippen molar-refractivity contribution in [3.8, 4) is 11.3 Å². The Labute approximate surface area is 189 Å². The van der Waals surface area contributed by atoms with E-state index in [1.165, 1.54) is 23.8 Å². The standard InChI is InChI=1S/C22H23ClN6OS/c1-4-18(30)28-7-8-29(13(3)11-28)22-14-9-16(23)20(26-21(14)27-31-22)19-12(2)5-6-17(25)15(19)10-24/h4-6,9-10,13,24H,1,7-8,11,25H2,2-3H3. The maximum absolute atomic E-state index is 12.0. The quantitative estimate of drug-likeness (QED) is 0.351. The third-order valence-electron chi connectivity index (χ3n) is 5.65. The molecule has 0 radical (unpaired) electrons. The first kappa shape index (κ1) is 21.3. The minimum absolute atomic E-state index is 0.0467. The van der Waals surface area contributed by atoms with Crippen molar-refractivity contribution in [1.29, 1.82) is 5.41 Å². The third-order valence-corrected chi connectivity index (χ3v) is 6.83. The van der Waals surface area contributed by atoms with Gasteiger partial charge in [-0.05, 0) is 49.2 Å². The monoisotopic (exact) mass is 454 g/mol. The van der Waals surface area contributed by atoms with Crippen molar-refractivity contribution in [3.63, 3.8) is 0 Å². The van der Waals surface area contributed by atoms with E-state index in [-0.39, 0.29) is 11.9 Å². The van der Waals surface area contributed by atoms with Crippen LogP contribution < -0.4 is 10.6 Å². The van der Waals surface area contributed by atoms with Gasteiger partial charge in [0.15, 0.2) is 5.65 Å². The molecule has 9 heteroatoms. The van der Waals surface area contributed by atoms with Gasteiger partial charge in [-0.3, -0.25) is 4.79 Å². The highest BCUT2D eigenvalue weighted by Crippen LogP contribution is 2.39. The van der Waals surface area contributed by atoms with Crippen molar-refractivity contribution >= 4 is 57.0 Å². The van der Waals surface area contributed by atoms with Crippen LogP contribution in [0.3, 0.4) is 0 Å². The summed E-state index contributed by atoms with van der Waals surface area (Å²) in [5.41, 5.74) is 10.1. The number of piperazine rings is 1. The molecular weight excluding hydrogens is 432 g/mol. The van der Waals surface area contributed by atoms with Crippen molar-refractivity contribution in [2.45, 2.75) is 19.9 Å². The summed E-state index contributed by atoms with van der Waals surface area (Å²) >= 11 is 8.07. The molecule has 0 aliphatic carbocycles. The van der Waals surface area contributed by atoms with Crippen LogP contribution in [0.2, 0.25) is 5.02 Å². The number of rotatable bonds is 4. The number of nitrogen functional groups attached to an aromatic ring is 1. The number of hydrogen-bond donors (Lipinski definition) is 2. The number of anilines is 2. The lowest BCUT2D eigenvalue weighted by atomic mass is 9.97. The van der Waals surface area contributed by atoms with Gasteiger partial charge in [-0.2, -0.15) is 4.37 Å². The highest BCUT2D eigenvalue weighted by molar-refractivity contribution is 7.11. The number of amides is 1. The topological polar surface area (TPSA) is 99.2 Å². The van der Waals surface area contributed by atoms with Crippen molar-refractivity contribution in [1.82, 2.24) is 14.3 Å². The molecule has 1 fully saturated rings. The fourth-order valence-corrected chi connectivity index (χ4v) is 5.21. The van der Waals surface area contributed by atoms with Crippen LogP contribution in [0.15, 0.2) is 30.9 Å². The molecule has 3 N–H and O–H groups in total. The van der Waals surface area contributed by atoms with Crippen LogP contribution in [0.1, 0.15) is 18.1 Å². The average molecular weight is 455 g/mol. The second-order valence-electron chi connectivity index (χ2n) is 7.61. The fraction of sp³-hybridized carbons (Fsp3) is 0.273. The number of fused-ring (bicyclic) bond motifs is 1. The molecule has 3 aromatic rings. The Kier molecular flexibility index (Phi) is 5.68. The van der Waals surface area contributed by atoms with Crippen molar-refractivity contribution in [2.75, 3.05) is 30.3 Å². The van der Waals surface area contributed by atoms with Crippen molar-refractivity contribution < 1.29 is 4.79 Å². The maximum atomic E-state index is 12.0. The second-order valence-corrected chi connectivity index (χ2v) is 8.77. The van der Waals surface area contributed by atoms with Crippen LogP contribution in [-0.2, 0) is 4.79 Å². The van der Waals surface area contributed by atoms with Gasteiger partial charge in [0.2, 0.25) is 5.91 Å². The van der Waals surface area contributed by atoms with Crippen LogP contribution in [-0.4, -0.2) is 52.1 Å². The molecular formula is C22H23ClN6OS. The van der Waals surface area contributed by atoms with E-state index in [1.54, 1.807) is 6.07 Å². The molecule has 1 aliphatic heterocycles. The summed E-state index contributed by atoms with van der Waals surface area (Å²) in [5, 5.41) is 10.2. The number of halogens is 1. The summed E-state index contributed by atoms with van der Waals surface area (Å²) in [6.45, 7) is 9.56. The van der Waals surface area contributed by atoms with E-state index >= 15 is 0 Å². The molecule has 1 aromatic carbocycles. The molecule has 1 saturated heterocycles. The van der Waals surface area contributed by atoms with Crippen molar-refractivity contribution in [3.05, 3.63) is 47.0 Å². The van der Waals surface area contributed by atoms with Gasteiger partial charge < -0.3 is 20.9 Å². The fourth-order valence-electron chi connectivity index (χ4n) is 4.03. The minimum Gasteiger partial charge on any atom is -0.398 e. The Morgan fingerprint density at radius 1 is 1.42 bits per heavy atom. The zero-order valence-electron chi connectivity index (χ0n) is 17.4. The van der Waals surface area contributed by atoms with Crippen LogP contribution in [0, 0.1) is 12.3 Å². The van der Waals surface area contributed by atoms with Gasteiger partial charge in [0.05, 0.1) is 16.1 Å². The van der Waals surface area contributed by atoms with Crippen LogP contribution in [0.4, 0.5) is 10.7 Å². The molecule has 0 bridgehead atoms. The van der Waals surface area contributed by atoms with Gasteiger partial charge in [-0.15, -0.1) is 0 Å². The number of nitrogens with zero attached hydrogens (tertiary/aromatic N) is 4. The summed E-state index contributed by atoms with van der Waals surface area (Å²) in [4.78, 5) is 20.8. The summed E-state index contributed by atoms with van der Waals surface area (Å²) in [6.07, 6.45) is 2.59. The molecule has 160 valence electrons. The Bertz CT molecular complexity index is 1210. The molecule has 1 unspecified atom stereocenters. The Hall–Kier alpha value is -2.97. The largest absolute Gasteiger partial charge is 0.398 e. The number of nitrogens with two attached hydrogens (primary N) is 1. The lowest BCUT2D eigenvalue weighted by Gasteiger charge is -2.40. The molecule has 0 saturated carbocycles. The number of hydrogen-bond acceptors (Lipinski definition) is 7. The molecule has 1 aliphatic rings. The van der Waals surface area contributed by atoms with Crippen LogP contribution in [0.5, 0.6) is 0 Å². The SMILES string of the molecule is C=CC(=O)N1CCN(c2snc3nc(-c4c(C)ccc(N)c4C=N)c(Cl)cc23)C(C)C1. The Morgan fingerprint density at radius 3 is 2.87 bits per heavy atom. The van der Waals surface area contributed by atoms with Crippen LogP contribution in [0.25, 0.3) is 22.3 Å². The van der Waals surface area contributed by atoms with E-state index in [0.717, 1.165) is 21.5 Å². The number of aromatic nitrogens is 2. The molecule has 1 amide bonds. The van der Waals surface area contributed by atoms with E-state index in [4.69, 9.17) is 27.7 Å². The number of carbonyl (C=O) groups is 1. The minimum atomic E-state index is -0.0467. The third kappa shape index (κ3) is 3.66. The van der Waals surface area contributed by atoms with Gasteiger partial charge in [-0.1, -0.05) is 24.2 Å². The molecule has 1 atom stereocenters. The highest BCUT2D eigenvalue weighted by Gasteiger charge is 2.29. The van der Waals surface area contributed by atoms with Gasteiger partial charge in [0.25, 0.3) is 0 Å². The predicted octanol–water partition coefficient (Wildman–Crippen LogP) is 4.12. The van der Waals surface area contributed by atoms with Gasteiger partial charge in [-0.25, -0.2) is 4.98 Å². The van der Waals surface area contributed by atoms with E-state index in [2.05, 4.69) is 22.8 Å². The van der Waals surface area contributed by atoms with Crippen LogP contribution >= 0.6 is 23.1 Å². The number of nitrogens with one attached hydrogen (secondary N) is 1. The predicted molar refractivity (Wildman–Crippen MR) is 128 cm³/mol. The lowest BCUT2D eigenvalue weighted by Crippen LogP contribution is -2.53. The first-order valence-corrected chi connectivity index (χ1v) is 11.0. The maximum Gasteiger partial charge on any atom is 0.246 e. The second kappa shape index (κ2) is 8.28.